The number of hydrogen-bond donors (Lipinski definition) is 0. The second-order valence-electron chi connectivity index (χ2n) is 4.45. The molecular weight excluding hydrogens is 280 g/mol. The molecule has 0 amide bonds. The smallest absolute Gasteiger partial charge is 0.200 e. The van der Waals surface area contributed by atoms with Gasteiger partial charge in [-0.2, -0.15) is 0 Å². The van der Waals surface area contributed by atoms with Gasteiger partial charge in [0.05, 0.1) is 5.39 Å². The zero-order chi connectivity index (χ0) is 12.8. The fourth-order valence-corrected chi connectivity index (χ4v) is 4.07. The van der Waals surface area contributed by atoms with Crippen LogP contribution < -0.4 is 0 Å². The Morgan fingerprint density at radius 3 is 2.74 bits per heavy atom. The molecule has 0 aromatic carbocycles. The molecule has 1 aliphatic carbocycles. The zero-order valence-corrected chi connectivity index (χ0v) is 11.5. The van der Waals surface area contributed by atoms with Crippen molar-refractivity contribution in [2.45, 2.75) is 19.3 Å². The van der Waals surface area contributed by atoms with E-state index in [4.69, 9.17) is 11.6 Å². The predicted octanol–water partition coefficient (Wildman–Crippen LogP) is 3.29. The summed E-state index contributed by atoms with van der Waals surface area (Å²) in [6.07, 6.45) is 6.77. The van der Waals surface area contributed by atoms with Crippen LogP contribution >= 0.6 is 22.9 Å². The van der Waals surface area contributed by atoms with Gasteiger partial charge in [0.2, 0.25) is 5.82 Å². The van der Waals surface area contributed by atoms with Gasteiger partial charge in [-0.1, -0.05) is 11.6 Å². The van der Waals surface area contributed by atoms with Crippen LogP contribution in [0.3, 0.4) is 0 Å². The van der Waals surface area contributed by atoms with Gasteiger partial charge >= 0.3 is 0 Å². The molecule has 0 bridgehead atoms. The summed E-state index contributed by atoms with van der Waals surface area (Å²) in [6, 6.07) is 1.77. The summed E-state index contributed by atoms with van der Waals surface area (Å²) in [7, 11) is 0. The first kappa shape index (κ1) is 11.3. The maximum Gasteiger partial charge on any atom is 0.200 e. The lowest BCUT2D eigenvalue weighted by Gasteiger charge is -2.01. The minimum Gasteiger partial charge on any atom is -0.234 e. The average Bonchev–Trinajstić information content (AvgIpc) is 2.99. The van der Waals surface area contributed by atoms with Crippen LogP contribution in [0.1, 0.15) is 16.9 Å². The van der Waals surface area contributed by atoms with Gasteiger partial charge in [0.15, 0.2) is 5.82 Å². The molecule has 0 saturated carbocycles. The summed E-state index contributed by atoms with van der Waals surface area (Å²) in [4.78, 5) is 19.6. The Hall–Kier alpha value is -1.59. The summed E-state index contributed by atoms with van der Waals surface area (Å²) in [5, 5.41) is 1.55. The second-order valence-corrected chi connectivity index (χ2v) is 5.89. The van der Waals surface area contributed by atoms with E-state index < -0.39 is 0 Å². The van der Waals surface area contributed by atoms with Gasteiger partial charge in [-0.3, -0.25) is 0 Å². The van der Waals surface area contributed by atoms with E-state index >= 15 is 0 Å². The van der Waals surface area contributed by atoms with Crippen molar-refractivity contribution in [3.05, 3.63) is 34.1 Å². The Morgan fingerprint density at radius 1 is 1.05 bits per heavy atom. The maximum atomic E-state index is 6.34. The average molecular weight is 289 g/mol. The molecule has 3 aromatic rings. The van der Waals surface area contributed by atoms with Gasteiger partial charge in [0, 0.05) is 17.3 Å². The van der Waals surface area contributed by atoms with E-state index in [0.29, 0.717) is 16.8 Å². The van der Waals surface area contributed by atoms with Crippen molar-refractivity contribution < 1.29 is 0 Å². The Kier molecular flexibility index (Phi) is 2.50. The summed E-state index contributed by atoms with van der Waals surface area (Å²) in [5.41, 5.74) is 1.34. The summed E-state index contributed by atoms with van der Waals surface area (Å²) >= 11 is 8.06. The van der Waals surface area contributed by atoms with E-state index in [2.05, 4.69) is 19.9 Å². The molecule has 0 saturated heterocycles. The van der Waals surface area contributed by atoms with Gasteiger partial charge in [-0.05, 0) is 30.9 Å². The standard InChI is InChI=1S/C13H9ClN4S/c14-10-9-7-3-1-4-8(7)19-13(9)18-12(17-10)11-15-5-2-6-16-11/h2,5-6H,1,3-4H2. The minimum atomic E-state index is 0.498. The highest BCUT2D eigenvalue weighted by atomic mass is 35.5. The highest BCUT2D eigenvalue weighted by molar-refractivity contribution is 7.19. The maximum absolute atomic E-state index is 6.34. The lowest BCUT2D eigenvalue weighted by molar-refractivity contribution is 0.917. The SMILES string of the molecule is Clc1nc(-c2ncccn2)nc2sc3c(c12)CCC3. The summed E-state index contributed by atoms with van der Waals surface area (Å²) < 4.78 is 0. The van der Waals surface area contributed by atoms with E-state index in [0.717, 1.165) is 23.1 Å². The Morgan fingerprint density at radius 2 is 1.89 bits per heavy atom. The van der Waals surface area contributed by atoms with E-state index in [1.165, 1.54) is 16.9 Å². The molecule has 94 valence electrons. The molecule has 0 spiro atoms. The molecule has 4 rings (SSSR count). The number of nitrogens with zero attached hydrogens (tertiary/aromatic N) is 4. The molecule has 0 unspecified atom stereocenters. The van der Waals surface area contributed by atoms with Crippen LogP contribution in [0.2, 0.25) is 5.15 Å². The Balaban J connectivity index is 1.97. The third-order valence-corrected chi connectivity index (χ3v) is 4.75. The molecule has 3 aromatic heterocycles. The molecule has 3 heterocycles. The van der Waals surface area contributed by atoms with Crippen molar-refractivity contribution in [2.24, 2.45) is 0 Å². The van der Waals surface area contributed by atoms with Crippen LogP contribution in [0.15, 0.2) is 18.5 Å². The monoisotopic (exact) mass is 288 g/mol. The van der Waals surface area contributed by atoms with E-state index in [9.17, 15) is 0 Å². The first-order valence-electron chi connectivity index (χ1n) is 6.08. The van der Waals surface area contributed by atoms with E-state index in [-0.39, 0.29) is 0 Å². The normalized spacial score (nSPS) is 13.9. The third kappa shape index (κ3) is 1.73. The van der Waals surface area contributed by atoms with Crippen molar-refractivity contribution in [3.8, 4) is 11.6 Å². The molecular formula is C13H9ClN4S. The largest absolute Gasteiger partial charge is 0.234 e. The lowest BCUT2D eigenvalue weighted by atomic mass is 10.2. The molecule has 0 atom stereocenters. The lowest BCUT2D eigenvalue weighted by Crippen LogP contribution is -1.95. The van der Waals surface area contributed by atoms with Gasteiger partial charge < -0.3 is 0 Å². The first-order valence-corrected chi connectivity index (χ1v) is 7.27. The first-order chi connectivity index (χ1) is 9.33. The molecule has 0 aliphatic heterocycles. The van der Waals surface area contributed by atoms with Crippen LogP contribution in [-0.4, -0.2) is 19.9 Å². The van der Waals surface area contributed by atoms with Crippen LogP contribution in [-0.2, 0) is 12.8 Å². The van der Waals surface area contributed by atoms with Gasteiger partial charge in [-0.25, -0.2) is 19.9 Å². The van der Waals surface area contributed by atoms with Gasteiger partial charge in [-0.15, -0.1) is 11.3 Å². The molecule has 0 fully saturated rings. The third-order valence-electron chi connectivity index (χ3n) is 3.29. The van der Waals surface area contributed by atoms with Crippen LogP contribution in [0.4, 0.5) is 0 Å². The highest BCUT2D eigenvalue weighted by Crippen LogP contribution is 2.39. The minimum absolute atomic E-state index is 0.498. The molecule has 0 radical (unpaired) electrons. The molecule has 0 N–H and O–H groups in total. The number of aryl methyl sites for hydroxylation is 2. The second kappa shape index (κ2) is 4.21. The molecule has 6 heteroatoms. The molecule has 19 heavy (non-hydrogen) atoms. The number of aromatic nitrogens is 4. The zero-order valence-electron chi connectivity index (χ0n) is 9.93. The number of halogens is 1. The summed E-state index contributed by atoms with van der Waals surface area (Å²) in [6.45, 7) is 0. The van der Waals surface area contributed by atoms with Crippen molar-refractivity contribution in [2.75, 3.05) is 0 Å². The quantitative estimate of drug-likeness (QED) is 0.645. The fraction of sp³-hybridized carbons (Fsp3) is 0.231. The number of rotatable bonds is 1. The predicted molar refractivity (Wildman–Crippen MR) is 75.5 cm³/mol. The van der Waals surface area contributed by atoms with Gasteiger partial charge in [0.1, 0.15) is 9.98 Å². The summed E-state index contributed by atoms with van der Waals surface area (Å²) in [5.74, 6) is 1.01. The van der Waals surface area contributed by atoms with Crippen molar-refractivity contribution in [3.63, 3.8) is 0 Å². The molecule has 4 nitrogen and oxygen atoms in total. The van der Waals surface area contributed by atoms with Crippen LogP contribution in [0.5, 0.6) is 0 Å². The van der Waals surface area contributed by atoms with Crippen molar-refractivity contribution in [1.82, 2.24) is 19.9 Å². The Labute approximate surface area is 118 Å². The van der Waals surface area contributed by atoms with E-state index in [1.807, 2.05) is 0 Å². The Bertz CT molecular complexity index is 769. The van der Waals surface area contributed by atoms with Crippen LogP contribution in [0.25, 0.3) is 21.9 Å². The highest BCUT2D eigenvalue weighted by Gasteiger charge is 2.22. The van der Waals surface area contributed by atoms with Crippen molar-refractivity contribution in [1.29, 1.82) is 0 Å². The number of hydrogen-bond acceptors (Lipinski definition) is 5. The van der Waals surface area contributed by atoms with Crippen LogP contribution in [0, 0.1) is 0 Å². The number of fused-ring (bicyclic) bond motifs is 3. The van der Waals surface area contributed by atoms with E-state index in [1.54, 1.807) is 29.8 Å². The molecule has 1 aliphatic rings. The van der Waals surface area contributed by atoms with Gasteiger partial charge in [0.25, 0.3) is 0 Å². The topological polar surface area (TPSA) is 51.6 Å². The van der Waals surface area contributed by atoms with Crippen molar-refractivity contribution >= 4 is 33.2 Å². The fourth-order valence-electron chi connectivity index (χ4n) is 2.47. The number of thiophene rings is 1.